The predicted molar refractivity (Wildman–Crippen MR) is 130 cm³/mol. The molecule has 3 N–H and O–H groups in total. The number of aromatic carboxylic acids is 1. The molecule has 0 amide bonds. The number of aromatic nitrogens is 3. The van der Waals surface area contributed by atoms with Gasteiger partial charge in [0.2, 0.25) is 0 Å². The second-order valence-electron chi connectivity index (χ2n) is 9.03. The van der Waals surface area contributed by atoms with E-state index in [9.17, 15) is 19.5 Å². The van der Waals surface area contributed by atoms with Gasteiger partial charge >= 0.3 is 5.97 Å². The molecular formula is C26H23N3O5. The minimum Gasteiger partial charge on any atom is -0.478 e. The Hall–Kier alpha value is -4.07. The topological polar surface area (TPSA) is 121 Å². The molecule has 1 saturated carbocycles. The second kappa shape index (κ2) is 7.76. The van der Waals surface area contributed by atoms with Crippen molar-refractivity contribution in [3.05, 3.63) is 68.6 Å². The lowest BCUT2D eigenvalue weighted by Crippen LogP contribution is -2.13. The van der Waals surface area contributed by atoms with Crippen LogP contribution in [0.5, 0.6) is 0 Å². The summed E-state index contributed by atoms with van der Waals surface area (Å²) < 4.78 is 8.08. The summed E-state index contributed by atoms with van der Waals surface area (Å²) in [7, 11) is 0. The zero-order valence-corrected chi connectivity index (χ0v) is 18.4. The Morgan fingerprint density at radius 1 is 1.00 bits per heavy atom. The van der Waals surface area contributed by atoms with Gasteiger partial charge in [0.05, 0.1) is 22.5 Å². The van der Waals surface area contributed by atoms with Crippen LogP contribution in [0.2, 0.25) is 0 Å². The number of hydrogen-bond acceptors (Lipinski definition) is 4. The third-order valence-electron chi connectivity index (χ3n) is 6.92. The molecule has 1 aliphatic rings. The van der Waals surface area contributed by atoms with Crippen molar-refractivity contribution in [2.45, 2.75) is 44.6 Å². The summed E-state index contributed by atoms with van der Waals surface area (Å²) in [5.41, 5.74) is 3.27. The maximum atomic E-state index is 13.3. The average molecular weight is 457 g/mol. The molecule has 0 spiro atoms. The molecule has 2 aromatic carbocycles. The Bertz CT molecular complexity index is 1680. The number of benzene rings is 2. The Labute approximate surface area is 192 Å². The van der Waals surface area contributed by atoms with Gasteiger partial charge in [-0.05, 0) is 42.7 Å². The number of H-pyrrole nitrogens is 2. The number of nitrogens with one attached hydrogen (secondary N) is 2. The largest absolute Gasteiger partial charge is 0.478 e. The van der Waals surface area contributed by atoms with Gasteiger partial charge < -0.3 is 14.5 Å². The second-order valence-corrected chi connectivity index (χ2v) is 9.03. The summed E-state index contributed by atoms with van der Waals surface area (Å²) >= 11 is 0. The normalized spacial score (nSPS) is 15.3. The number of pyridine rings is 1. The molecule has 1 fully saturated rings. The first-order chi connectivity index (χ1) is 16.5. The quantitative estimate of drug-likeness (QED) is 0.322. The fraction of sp³-hybridized carbons (Fsp3) is 0.269. The molecular weight excluding hydrogens is 434 g/mol. The third kappa shape index (κ3) is 3.17. The van der Waals surface area contributed by atoms with Gasteiger partial charge in [0, 0.05) is 17.0 Å². The van der Waals surface area contributed by atoms with Gasteiger partial charge in [-0.1, -0.05) is 37.8 Å². The Morgan fingerprint density at radius 2 is 1.74 bits per heavy atom. The van der Waals surface area contributed by atoms with Crippen LogP contribution in [0.4, 0.5) is 0 Å². The zero-order chi connectivity index (χ0) is 23.4. The molecule has 172 valence electrons. The highest BCUT2D eigenvalue weighted by Gasteiger charge is 2.25. The minimum atomic E-state index is -1.02. The Morgan fingerprint density at radius 3 is 2.44 bits per heavy atom. The van der Waals surface area contributed by atoms with Crippen molar-refractivity contribution in [3.63, 3.8) is 0 Å². The summed E-state index contributed by atoms with van der Waals surface area (Å²) in [5.74, 6) is -1.02. The van der Waals surface area contributed by atoms with Crippen molar-refractivity contribution in [3.8, 4) is 11.1 Å². The van der Waals surface area contributed by atoms with Crippen molar-refractivity contribution in [1.29, 1.82) is 0 Å². The molecule has 0 saturated heterocycles. The van der Waals surface area contributed by atoms with Gasteiger partial charge in [0.15, 0.2) is 11.0 Å². The molecule has 0 aliphatic heterocycles. The van der Waals surface area contributed by atoms with Crippen LogP contribution >= 0.6 is 0 Å². The first-order valence-electron chi connectivity index (χ1n) is 11.6. The number of nitrogens with zero attached hydrogens (tertiary/aromatic N) is 1. The van der Waals surface area contributed by atoms with Gasteiger partial charge in [-0.2, -0.15) is 0 Å². The van der Waals surface area contributed by atoms with Crippen molar-refractivity contribution < 1.29 is 14.3 Å². The molecule has 3 heterocycles. The molecule has 0 unspecified atom stereocenters. The first kappa shape index (κ1) is 20.5. The lowest BCUT2D eigenvalue weighted by Gasteiger charge is -2.17. The number of rotatable bonds is 3. The van der Waals surface area contributed by atoms with Crippen LogP contribution in [0, 0.1) is 0 Å². The van der Waals surface area contributed by atoms with Crippen LogP contribution in [0.3, 0.4) is 0 Å². The standard InChI is InChI=1S/C26H23N3O5/c30-17-11-12-18-19(13-17)34-23-20(14-7-9-15(10-8-14)26(32)33)21-24(27-22(18)23)29(28-25(21)31)16-5-3-1-2-4-6-16/h7-13,16,27H,1-6H2,(H,28,31)(H,32,33). The SMILES string of the molecule is O=C(O)c1ccc(-c2c3oc4cc(=O)ccc4c3[nH]c3c2c(=O)[nH]n3C2CCCCCC2)cc1. The van der Waals surface area contributed by atoms with Gasteiger partial charge in [-0.3, -0.25) is 19.4 Å². The fourth-order valence-electron chi connectivity index (χ4n) is 5.26. The lowest BCUT2D eigenvalue weighted by molar-refractivity contribution is 0.0697. The maximum Gasteiger partial charge on any atom is 0.335 e. The van der Waals surface area contributed by atoms with Crippen LogP contribution in [0.25, 0.3) is 44.2 Å². The average Bonchev–Trinajstić information content (AvgIpc) is 3.20. The van der Waals surface area contributed by atoms with Crippen molar-refractivity contribution in [2.24, 2.45) is 0 Å². The van der Waals surface area contributed by atoms with E-state index < -0.39 is 5.97 Å². The van der Waals surface area contributed by atoms with E-state index in [1.165, 1.54) is 37.1 Å². The number of carboxylic acid groups (broad SMARTS) is 1. The van der Waals surface area contributed by atoms with E-state index in [-0.39, 0.29) is 22.6 Å². The summed E-state index contributed by atoms with van der Waals surface area (Å²) in [6.07, 6.45) is 6.58. The molecule has 6 rings (SSSR count). The van der Waals surface area contributed by atoms with Crippen LogP contribution < -0.4 is 11.0 Å². The summed E-state index contributed by atoms with van der Waals surface area (Å²) in [6.45, 7) is 0. The lowest BCUT2D eigenvalue weighted by atomic mass is 10.0. The molecule has 0 atom stereocenters. The number of fused-ring (bicyclic) bond motifs is 4. The molecule has 0 radical (unpaired) electrons. The van der Waals surface area contributed by atoms with Crippen molar-refractivity contribution in [2.75, 3.05) is 0 Å². The molecule has 3 aromatic heterocycles. The Kier molecular flexibility index (Phi) is 4.69. The smallest absolute Gasteiger partial charge is 0.335 e. The highest BCUT2D eigenvalue weighted by molar-refractivity contribution is 6.14. The number of furan rings is 1. The molecule has 8 nitrogen and oxygen atoms in total. The Balaban J connectivity index is 1.71. The van der Waals surface area contributed by atoms with E-state index >= 15 is 0 Å². The van der Waals surface area contributed by atoms with Crippen LogP contribution in [0.15, 0.2) is 56.5 Å². The van der Waals surface area contributed by atoms with E-state index in [1.54, 1.807) is 18.2 Å². The molecule has 0 bridgehead atoms. The van der Waals surface area contributed by atoms with Gasteiger partial charge in [0.25, 0.3) is 5.56 Å². The number of carbonyl (C=O) groups is 1. The number of carboxylic acids is 1. The summed E-state index contributed by atoms with van der Waals surface area (Å²) in [6, 6.07) is 11.2. The van der Waals surface area contributed by atoms with Crippen LogP contribution in [0.1, 0.15) is 54.9 Å². The molecule has 1 aliphatic carbocycles. The highest BCUT2D eigenvalue weighted by atomic mass is 16.4. The van der Waals surface area contributed by atoms with E-state index in [4.69, 9.17) is 4.42 Å². The van der Waals surface area contributed by atoms with Crippen molar-refractivity contribution >= 4 is 39.1 Å². The van der Waals surface area contributed by atoms with Gasteiger partial charge in [0.1, 0.15) is 11.2 Å². The molecule has 8 heteroatoms. The number of aromatic amines is 2. The van der Waals surface area contributed by atoms with Crippen LogP contribution in [-0.2, 0) is 0 Å². The predicted octanol–water partition coefficient (Wildman–Crippen LogP) is 5.18. The van der Waals surface area contributed by atoms with Crippen LogP contribution in [-0.4, -0.2) is 25.8 Å². The van der Waals surface area contributed by atoms with Gasteiger partial charge in [-0.25, -0.2) is 4.79 Å². The number of hydrogen-bond donors (Lipinski definition) is 3. The first-order valence-corrected chi connectivity index (χ1v) is 11.6. The van der Waals surface area contributed by atoms with E-state index in [0.717, 1.165) is 31.1 Å². The van der Waals surface area contributed by atoms with Crippen molar-refractivity contribution in [1.82, 2.24) is 14.8 Å². The monoisotopic (exact) mass is 457 g/mol. The van der Waals surface area contributed by atoms with E-state index in [2.05, 4.69) is 10.1 Å². The van der Waals surface area contributed by atoms with Gasteiger partial charge in [-0.15, -0.1) is 0 Å². The molecule has 5 aromatic rings. The summed E-state index contributed by atoms with van der Waals surface area (Å²) in [4.78, 5) is 40.1. The van der Waals surface area contributed by atoms with E-state index in [1.807, 2.05) is 4.68 Å². The maximum absolute atomic E-state index is 13.3. The zero-order valence-electron chi connectivity index (χ0n) is 18.4. The fourth-order valence-corrected chi connectivity index (χ4v) is 5.26. The van der Waals surface area contributed by atoms with E-state index in [0.29, 0.717) is 38.8 Å². The summed E-state index contributed by atoms with van der Waals surface area (Å²) in [5, 5.41) is 13.6. The molecule has 34 heavy (non-hydrogen) atoms. The minimum absolute atomic E-state index is 0.157. The third-order valence-corrected chi connectivity index (χ3v) is 6.92. The highest BCUT2D eigenvalue weighted by Crippen LogP contribution is 2.39.